The molecule has 1 amide bonds. The van der Waals surface area contributed by atoms with Crippen LogP contribution in [0.15, 0.2) is 24.4 Å². The highest BCUT2D eigenvalue weighted by atomic mass is 16.5. The van der Waals surface area contributed by atoms with Crippen molar-refractivity contribution in [2.45, 2.75) is 18.9 Å². The van der Waals surface area contributed by atoms with Crippen molar-refractivity contribution in [3.63, 3.8) is 0 Å². The van der Waals surface area contributed by atoms with E-state index in [0.29, 0.717) is 30.2 Å². The third-order valence-corrected chi connectivity index (χ3v) is 3.67. The Morgan fingerprint density at radius 2 is 2.36 bits per heavy atom. The molecule has 0 radical (unpaired) electrons. The lowest BCUT2D eigenvalue weighted by Gasteiger charge is -2.13. The second-order valence-corrected chi connectivity index (χ2v) is 5.12. The molecule has 1 N–H and O–H groups in total. The lowest BCUT2D eigenvalue weighted by atomic mass is 10.1. The third-order valence-electron chi connectivity index (χ3n) is 3.67. The predicted molar refractivity (Wildman–Crippen MR) is 79.7 cm³/mol. The molecule has 0 unspecified atom stereocenters. The van der Waals surface area contributed by atoms with E-state index in [-0.39, 0.29) is 11.9 Å². The van der Waals surface area contributed by atoms with Crippen LogP contribution < -0.4 is 14.8 Å². The van der Waals surface area contributed by atoms with E-state index in [0.717, 1.165) is 17.2 Å². The second-order valence-electron chi connectivity index (χ2n) is 5.12. The van der Waals surface area contributed by atoms with Crippen LogP contribution in [-0.4, -0.2) is 30.6 Å². The molecule has 0 aliphatic carbocycles. The zero-order chi connectivity index (χ0) is 15.5. The molecule has 6 nitrogen and oxygen atoms in total. The molecule has 1 saturated heterocycles. The van der Waals surface area contributed by atoms with Gasteiger partial charge in [-0.05, 0) is 30.0 Å². The number of hydrogen-bond acceptors (Lipinski definition) is 5. The molecule has 1 aliphatic heterocycles. The molecule has 1 atom stereocenters. The SMILES string of the molecule is COc1cc2c(OC[C@@H]3CCC(=O)N3)nccc2cc1C#N. The van der Waals surface area contributed by atoms with Crippen molar-refractivity contribution in [1.29, 1.82) is 5.26 Å². The number of hydrogen-bond donors (Lipinski definition) is 1. The molecule has 3 rings (SSSR count). The van der Waals surface area contributed by atoms with Crippen LogP contribution in [0.3, 0.4) is 0 Å². The average molecular weight is 297 g/mol. The number of nitrogens with one attached hydrogen (secondary N) is 1. The molecule has 0 spiro atoms. The van der Waals surface area contributed by atoms with E-state index in [9.17, 15) is 4.79 Å². The van der Waals surface area contributed by atoms with Crippen molar-refractivity contribution in [2.75, 3.05) is 13.7 Å². The molecule has 0 bridgehead atoms. The molecule has 22 heavy (non-hydrogen) atoms. The number of carbonyl (C=O) groups excluding carboxylic acids is 1. The normalized spacial score (nSPS) is 17.1. The Morgan fingerprint density at radius 3 is 3.05 bits per heavy atom. The van der Waals surface area contributed by atoms with Crippen LogP contribution in [-0.2, 0) is 4.79 Å². The highest BCUT2D eigenvalue weighted by Crippen LogP contribution is 2.30. The zero-order valence-corrected chi connectivity index (χ0v) is 12.1. The molecule has 112 valence electrons. The van der Waals surface area contributed by atoms with Gasteiger partial charge in [0.15, 0.2) is 0 Å². The average Bonchev–Trinajstić information content (AvgIpc) is 2.96. The first kappa shape index (κ1) is 14.1. The second kappa shape index (κ2) is 5.90. The lowest BCUT2D eigenvalue weighted by Crippen LogP contribution is -2.31. The summed E-state index contributed by atoms with van der Waals surface area (Å²) >= 11 is 0. The maximum Gasteiger partial charge on any atom is 0.221 e. The van der Waals surface area contributed by atoms with Gasteiger partial charge in [0.25, 0.3) is 0 Å². The van der Waals surface area contributed by atoms with Gasteiger partial charge >= 0.3 is 0 Å². The number of rotatable bonds is 4. The number of nitriles is 1. The number of methoxy groups -OCH3 is 1. The van der Waals surface area contributed by atoms with Gasteiger partial charge in [-0.2, -0.15) is 5.26 Å². The van der Waals surface area contributed by atoms with Gasteiger partial charge in [0.1, 0.15) is 18.4 Å². The number of pyridine rings is 1. The first-order valence-corrected chi connectivity index (χ1v) is 7.00. The molecule has 1 aromatic carbocycles. The van der Waals surface area contributed by atoms with Crippen LogP contribution in [0.25, 0.3) is 10.8 Å². The number of benzene rings is 1. The maximum absolute atomic E-state index is 11.2. The minimum absolute atomic E-state index is 0.0184. The van der Waals surface area contributed by atoms with Crippen LogP contribution in [0.2, 0.25) is 0 Å². The summed E-state index contributed by atoms with van der Waals surface area (Å²) in [5.74, 6) is 1.02. The summed E-state index contributed by atoms with van der Waals surface area (Å²) in [6.45, 7) is 0.375. The summed E-state index contributed by atoms with van der Waals surface area (Å²) < 4.78 is 11.0. The van der Waals surface area contributed by atoms with E-state index in [1.54, 1.807) is 18.3 Å². The predicted octanol–water partition coefficient (Wildman–Crippen LogP) is 1.77. The maximum atomic E-state index is 11.2. The van der Waals surface area contributed by atoms with Crippen molar-refractivity contribution in [3.8, 4) is 17.7 Å². The number of carbonyl (C=O) groups is 1. The summed E-state index contributed by atoms with van der Waals surface area (Å²) in [5.41, 5.74) is 0.468. The Kier molecular flexibility index (Phi) is 3.79. The first-order valence-electron chi connectivity index (χ1n) is 7.00. The van der Waals surface area contributed by atoms with Crippen LogP contribution in [0.5, 0.6) is 11.6 Å². The van der Waals surface area contributed by atoms with E-state index in [1.807, 2.05) is 6.07 Å². The smallest absolute Gasteiger partial charge is 0.221 e. The third kappa shape index (κ3) is 2.66. The number of amides is 1. The quantitative estimate of drug-likeness (QED) is 0.929. The molecule has 2 heterocycles. The Morgan fingerprint density at radius 1 is 1.50 bits per heavy atom. The number of fused-ring (bicyclic) bond motifs is 1. The molecular formula is C16H15N3O3. The highest BCUT2D eigenvalue weighted by Gasteiger charge is 2.21. The fraction of sp³-hybridized carbons (Fsp3) is 0.312. The van der Waals surface area contributed by atoms with Crippen molar-refractivity contribution in [3.05, 3.63) is 30.0 Å². The molecule has 1 fully saturated rings. The summed E-state index contributed by atoms with van der Waals surface area (Å²) in [5, 5.41) is 13.6. The van der Waals surface area contributed by atoms with Crippen molar-refractivity contribution >= 4 is 16.7 Å². The van der Waals surface area contributed by atoms with Gasteiger partial charge in [-0.15, -0.1) is 0 Å². The largest absolute Gasteiger partial charge is 0.495 e. The molecule has 1 aliphatic rings. The van der Waals surface area contributed by atoms with Crippen molar-refractivity contribution in [1.82, 2.24) is 10.3 Å². The van der Waals surface area contributed by atoms with Gasteiger partial charge in [0, 0.05) is 18.0 Å². The van der Waals surface area contributed by atoms with Crippen molar-refractivity contribution in [2.24, 2.45) is 0 Å². The molecular weight excluding hydrogens is 282 g/mol. The Labute approximate surface area is 127 Å². The molecule has 6 heteroatoms. The molecule has 2 aromatic rings. The van der Waals surface area contributed by atoms with Gasteiger partial charge in [-0.3, -0.25) is 4.79 Å². The van der Waals surface area contributed by atoms with Gasteiger partial charge in [-0.1, -0.05) is 0 Å². The van der Waals surface area contributed by atoms with Crippen LogP contribution in [0.1, 0.15) is 18.4 Å². The van der Waals surface area contributed by atoms with Gasteiger partial charge < -0.3 is 14.8 Å². The number of nitrogens with zero attached hydrogens (tertiary/aromatic N) is 2. The minimum Gasteiger partial charge on any atom is -0.495 e. The topological polar surface area (TPSA) is 84.2 Å². The Balaban J connectivity index is 1.89. The summed E-state index contributed by atoms with van der Waals surface area (Å²) in [4.78, 5) is 15.4. The fourth-order valence-electron chi connectivity index (χ4n) is 2.53. The standard InChI is InChI=1S/C16H15N3O3/c1-21-14-7-13-10(6-11(14)8-17)4-5-18-16(13)22-9-12-2-3-15(20)19-12/h4-7,12H,2-3,9H2,1H3,(H,19,20)/t12-/m0/s1. The number of aromatic nitrogens is 1. The van der Waals surface area contributed by atoms with Gasteiger partial charge in [-0.25, -0.2) is 4.98 Å². The van der Waals surface area contributed by atoms with Crippen LogP contribution in [0.4, 0.5) is 0 Å². The lowest BCUT2D eigenvalue weighted by molar-refractivity contribution is -0.119. The zero-order valence-electron chi connectivity index (χ0n) is 12.1. The fourth-order valence-corrected chi connectivity index (χ4v) is 2.53. The van der Waals surface area contributed by atoms with E-state index < -0.39 is 0 Å². The Hall–Kier alpha value is -2.81. The van der Waals surface area contributed by atoms with Crippen LogP contribution >= 0.6 is 0 Å². The van der Waals surface area contributed by atoms with Gasteiger partial charge in [0.05, 0.1) is 18.7 Å². The minimum atomic E-state index is 0.0184. The highest BCUT2D eigenvalue weighted by molar-refractivity contribution is 5.89. The molecule has 1 aromatic heterocycles. The van der Waals surface area contributed by atoms with Crippen molar-refractivity contribution < 1.29 is 14.3 Å². The summed E-state index contributed by atoms with van der Waals surface area (Å²) in [7, 11) is 1.52. The van der Waals surface area contributed by atoms with Gasteiger partial charge in [0.2, 0.25) is 11.8 Å². The molecule has 0 saturated carbocycles. The number of ether oxygens (including phenoxy) is 2. The monoisotopic (exact) mass is 297 g/mol. The van der Waals surface area contributed by atoms with E-state index in [2.05, 4.69) is 16.4 Å². The van der Waals surface area contributed by atoms with E-state index >= 15 is 0 Å². The van der Waals surface area contributed by atoms with Crippen LogP contribution in [0, 0.1) is 11.3 Å². The van der Waals surface area contributed by atoms with E-state index in [4.69, 9.17) is 14.7 Å². The van der Waals surface area contributed by atoms with E-state index in [1.165, 1.54) is 7.11 Å². The first-order chi connectivity index (χ1) is 10.7. The summed E-state index contributed by atoms with van der Waals surface area (Å²) in [6, 6.07) is 7.45. The summed E-state index contributed by atoms with van der Waals surface area (Å²) in [6.07, 6.45) is 2.94. The Bertz CT molecular complexity index is 767.